The zero-order valence-electron chi connectivity index (χ0n) is 13.5. The number of ketones is 1. The van der Waals surface area contributed by atoms with Crippen LogP contribution in [0.4, 0.5) is 0 Å². The Kier molecular flexibility index (Phi) is 4.99. The first-order valence-corrected chi connectivity index (χ1v) is 7.19. The molecule has 1 aromatic carbocycles. The number of carbonyl (C=O) groups excluding carboxylic acids is 2. The fraction of sp³-hybridized carbons (Fsp3) is 0.167. The van der Waals surface area contributed by atoms with Crippen LogP contribution in [-0.2, 0) is 9.53 Å². The van der Waals surface area contributed by atoms with Gasteiger partial charge in [0.2, 0.25) is 0 Å². The molecule has 1 aromatic heterocycles. The number of aryl methyl sites for hydroxylation is 2. The van der Waals surface area contributed by atoms with E-state index in [0.717, 1.165) is 6.08 Å². The van der Waals surface area contributed by atoms with Crippen molar-refractivity contribution in [3.8, 4) is 0 Å². The average molecular weight is 327 g/mol. The van der Waals surface area contributed by atoms with E-state index in [0.29, 0.717) is 22.5 Å². The van der Waals surface area contributed by atoms with Crippen LogP contribution in [0.3, 0.4) is 0 Å². The molecule has 6 heteroatoms. The van der Waals surface area contributed by atoms with E-state index in [1.807, 2.05) is 0 Å². The lowest BCUT2D eigenvalue weighted by atomic mass is 9.95. The molecule has 0 atom stereocenters. The van der Waals surface area contributed by atoms with Crippen molar-refractivity contribution in [1.82, 2.24) is 4.98 Å². The van der Waals surface area contributed by atoms with Crippen LogP contribution in [0.25, 0.3) is 6.08 Å². The second kappa shape index (κ2) is 6.95. The Morgan fingerprint density at radius 3 is 2.33 bits per heavy atom. The van der Waals surface area contributed by atoms with Gasteiger partial charge in [0.15, 0.2) is 5.78 Å². The van der Waals surface area contributed by atoms with Gasteiger partial charge in [-0.15, -0.1) is 0 Å². The lowest BCUT2D eigenvalue weighted by Gasteiger charge is -2.07. The molecule has 0 aliphatic heterocycles. The van der Waals surface area contributed by atoms with E-state index >= 15 is 0 Å². The Labute approximate surface area is 138 Å². The minimum absolute atomic E-state index is 0.192. The number of hydrogen-bond acceptors (Lipinski definition) is 4. The fourth-order valence-electron chi connectivity index (χ4n) is 2.57. The van der Waals surface area contributed by atoms with Gasteiger partial charge in [-0.25, -0.2) is 9.59 Å². The molecular formula is C18H17NO5. The molecule has 0 aliphatic carbocycles. The quantitative estimate of drug-likeness (QED) is 0.500. The SMILES string of the molecule is COC(=O)c1c(C)[nH]c(C)c1C(=O)c1ccccc1C=CC(=O)O. The number of aromatic amines is 1. The lowest BCUT2D eigenvalue weighted by molar-refractivity contribution is -0.131. The number of aromatic nitrogens is 1. The van der Waals surface area contributed by atoms with Gasteiger partial charge < -0.3 is 14.8 Å². The highest BCUT2D eigenvalue weighted by atomic mass is 16.5. The molecule has 0 spiro atoms. The highest BCUT2D eigenvalue weighted by Crippen LogP contribution is 2.24. The minimum atomic E-state index is -1.11. The number of benzene rings is 1. The second-order valence-electron chi connectivity index (χ2n) is 5.20. The number of nitrogens with one attached hydrogen (secondary N) is 1. The summed E-state index contributed by atoms with van der Waals surface area (Å²) < 4.78 is 4.76. The van der Waals surface area contributed by atoms with Gasteiger partial charge >= 0.3 is 11.9 Å². The number of hydrogen-bond donors (Lipinski definition) is 2. The number of esters is 1. The normalized spacial score (nSPS) is 10.8. The van der Waals surface area contributed by atoms with Gasteiger partial charge in [0, 0.05) is 23.0 Å². The molecule has 2 aromatic rings. The number of H-pyrrole nitrogens is 1. The first kappa shape index (κ1) is 17.2. The maximum absolute atomic E-state index is 13.0. The molecule has 6 nitrogen and oxygen atoms in total. The second-order valence-corrected chi connectivity index (χ2v) is 5.20. The number of aliphatic carboxylic acids is 1. The van der Waals surface area contributed by atoms with E-state index in [1.54, 1.807) is 38.1 Å². The molecule has 2 N–H and O–H groups in total. The van der Waals surface area contributed by atoms with Gasteiger partial charge in [0.05, 0.1) is 18.2 Å². The summed E-state index contributed by atoms with van der Waals surface area (Å²) in [6.07, 6.45) is 2.31. The number of carbonyl (C=O) groups is 3. The summed E-state index contributed by atoms with van der Waals surface area (Å²) in [7, 11) is 1.25. The summed E-state index contributed by atoms with van der Waals surface area (Å²) >= 11 is 0. The minimum Gasteiger partial charge on any atom is -0.478 e. The van der Waals surface area contributed by atoms with E-state index in [9.17, 15) is 14.4 Å². The van der Waals surface area contributed by atoms with Gasteiger partial charge in [-0.05, 0) is 25.5 Å². The average Bonchev–Trinajstić information content (AvgIpc) is 2.86. The van der Waals surface area contributed by atoms with Gasteiger partial charge in [-0.3, -0.25) is 4.79 Å². The molecule has 0 radical (unpaired) electrons. The Bertz CT molecular complexity index is 845. The predicted molar refractivity (Wildman–Crippen MR) is 88.2 cm³/mol. The van der Waals surface area contributed by atoms with Crippen LogP contribution < -0.4 is 0 Å². The summed E-state index contributed by atoms with van der Waals surface area (Å²) in [6, 6.07) is 6.61. The van der Waals surface area contributed by atoms with Crippen molar-refractivity contribution in [3.05, 3.63) is 64.0 Å². The smallest absolute Gasteiger partial charge is 0.340 e. The van der Waals surface area contributed by atoms with Crippen molar-refractivity contribution in [2.24, 2.45) is 0 Å². The van der Waals surface area contributed by atoms with Crippen molar-refractivity contribution >= 4 is 23.8 Å². The van der Waals surface area contributed by atoms with Crippen LogP contribution in [0.2, 0.25) is 0 Å². The van der Waals surface area contributed by atoms with Crippen molar-refractivity contribution < 1.29 is 24.2 Å². The Hall–Kier alpha value is -3.15. The van der Waals surface area contributed by atoms with Gasteiger partial charge in [0.1, 0.15) is 0 Å². The first-order chi connectivity index (χ1) is 11.4. The van der Waals surface area contributed by atoms with Crippen LogP contribution in [0, 0.1) is 13.8 Å². The maximum Gasteiger partial charge on any atom is 0.340 e. The van der Waals surface area contributed by atoms with E-state index < -0.39 is 11.9 Å². The number of rotatable bonds is 5. The number of ether oxygens (including phenoxy) is 1. The van der Waals surface area contributed by atoms with Crippen LogP contribution in [0.1, 0.15) is 43.2 Å². The Balaban J connectivity index is 2.59. The topological polar surface area (TPSA) is 96.5 Å². The monoisotopic (exact) mass is 327 g/mol. The van der Waals surface area contributed by atoms with E-state index in [2.05, 4.69) is 4.98 Å². The van der Waals surface area contributed by atoms with Gasteiger partial charge in [0.25, 0.3) is 0 Å². The maximum atomic E-state index is 13.0. The summed E-state index contributed by atoms with van der Waals surface area (Å²) in [6.45, 7) is 3.38. The van der Waals surface area contributed by atoms with Gasteiger partial charge in [-0.2, -0.15) is 0 Å². The van der Waals surface area contributed by atoms with E-state index in [4.69, 9.17) is 9.84 Å². The molecule has 1 heterocycles. The van der Waals surface area contributed by atoms with Crippen LogP contribution >= 0.6 is 0 Å². The molecule has 0 unspecified atom stereocenters. The number of carboxylic acid groups (broad SMARTS) is 1. The molecule has 2 rings (SSSR count). The molecule has 0 fully saturated rings. The van der Waals surface area contributed by atoms with Crippen LogP contribution in [0.5, 0.6) is 0 Å². The third kappa shape index (κ3) is 3.27. The summed E-state index contributed by atoms with van der Waals surface area (Å²) in [5.41, 5.74) is 2.28. The fourth-order valence-corrected chi connectivity index (χ4v) is 2.57. The summed E-state index contributed by atoms with van der Waals surface area (Å²) in [4.78, 5) is 38.7. The van der Waals surface area contributed by atoms with Crippen molar-refractivity contribution in [3.63, 3.8) is 0 Å². The molecule has 24 heavy (non-hydrogen) atoms. The van der Waals surface area contributed by atoms with Gasteiger partial charge in [-0.1, -0.05) is 24.3 Å². The summed E-state index contributed by atoms with van der Waals surface area (Å²) in [5, 5.41) is 8.78. The van der Waals surface area contributed by atoms with Crippen molar-refractivity contribution in [1.29, 1.82) is 0 Å². The van der Waals surface area contributed by atoms with Crippen molar-refractivity contribution in [2.45, 2.75) is 13.8 Å². The lowest BCUT2D eigenvalue weighted by Crippen LogP contribution is -2.12. The zero-order chi connectivity index (χ0) is 17.9. The van der Waals surface area contributed by atoms with Crippen molar-refractivity contribution in [2.75, 3.05) is 7.11 Å². The molecule has 0 bridgehead atoms. The zero-order valence-corrected chi connectivity index (χ0v) is 13.5. The summed E-state index contributed by atoms with van der Waals surface area (Å²) in [5.74, 6) is -2.08. The highest BCUT2D eigenvalue weighted by Gasteiger charge is 2.26. The number of carboxylic acids is 1. The predicted octanol–water partition coefficient (Wildman–Crippen LogP) is 2.75. The largest absolute Gasteiger partial charge is 0.478 e. The molecule has 0 saturated carbocycles. The first-order valence-electron chi connectivity index (χ1n) is 7.19. The van der Waals surface area contributed by atoms with Crippen LogP contribution in [0.15, 0.2) is 30.3 Å². The molecular weight excluding hydrogens is 310 g/mol. The number of methoxy groups -OCH3 is 1. The standard InChI is InChI=1S/C18H17NO5/c1-10-15(16(11(2)19-10)18(23)24-3)17(22)13-7-5-4-6-12(13)8-9-14(20)21/h4-9,19H,1-3H3,(H,20,21). The molecule has 124 valence electrons. The van der Waals surface area contributed by atoms with E-state index in [-0.39, 0.29) is 16.9 Å². The highest BCUT2D eigenvalue weighted by molar-refractivity contribution is 6.17. The Morgan fingerprint density at radius 1 is 1.08 bits per heavy atom. The van der Waals surface area contributed by atoms with E-state index in [1.165, 1.54) is 13.2 Å². The Morgan fingerprint density at radius 2 is 1.71 bits per heavy atom. The third-order valence-corrected chi connectivity index (χ3v) is 3.60. The third-order valence-electron chi connectivity index (χ3n) is 3.60. The molecule has 0 aliphatic rings. The molecule has 0 saturated heterocycles. The van der Waals surface area contributed by atoms with Crippen LogP contribution in [-0.4, -0.2) is 34.9 Å². The molecule has 0 amide bonds.